The minimum absolute atomic E-state index is 0.00440. The second-order valence-electron chi connectivity index (χ2n) is 4.60. The van der Waals surface area contributed by atoms with Gasteiger partial charge < -0.3 is 30.3 Å². The summed E-state index contributed by atoms with van der Waals surface area (Å²) in [6, 6.07) is 0. The molecule has 5 N–H and O–H groups in total. The fraction of sp³-hybridized carbons (Fsp3) is 0.909. The number of carboxylic acid groups (broad SMARTS) is 1. The Morgan fingerprint density at radius 1 is 1.22 bits per heavy atom. The van der Waals surface area contributed by atoms with Crippen molar-refractivity contribution in [2.24, 2.45) is 0 Å². The van der Waals surface area contributed by atoms with Gasteiger partial charge in [-0.25, -0.2) is 4.79 Å². The molecule has 0 saturated carbocycles. The van der Waals surface area contributed by atoms with Crippen molar-refractivity contribution < 1.29 is 35.1 Å². The van der Waals surface area contributed by atoms with Crippen molar-refractivity contribution in [2.75, 3.05) is 0 Å². The summed E-state index contributed by atoms with van der Waals surface area (Å²) in [5.74, 6) is -3.64. The van der Waals surface area contributed by atoms with Crippen LogP contribution in [0.2, 0.25) is 0 Å². The van der Waals surface area contributed by atoms with Crippen LogP contribution in [0.4, 0.5) is 0 Å². The highest BCUT2D eigenvalue weighted by Crippen LogP contribution is 2.32. The first-order valence-electron chi connectivity index (χ1n) is 6.00. The highest BCUT2D eigenvalue weighted by Gasteiger charge is 2.54. The van der Waals surface area contributed by atoms with Crippen LogP contribution in [0.5, 0.6) is 0 Å². The molecule has 0 aliphatic carbocycles. The zero-order chi connectivity index (χ0) is 13.9. The van der Waals surface area contributed by atoms with Crippen LogP contribution >= 0.6 is 0 Å². The van der Waals surface area contributed by atoms with E-state index in [0.717, 1.165) is 12.8 Å². The van der Waals surface area contributed by atoms with E-state index in [4.69, 9.17) is 9.84 Å². The van der Waals surface area contributed by atoms with Crippen molar-refractivity contribution in [3.8, 4) is 0 Å². The number of aliphatic hydroxyl groups is 4. The average molecular weight is 264 g/mol. The second-order valence-corrected chi connectivity index (χ2v) is 4.60. The Labute approximate surface area is 105 Å². The van der Waals surface area contributed by atoms with Gasteiger partial charge in [-0.2, -0.15) is 0 Å². The third-order valence-electron chi connectivity index (χ3n) is 3.16. The minimum Gasteiger partial charge on any atom is -0.479 e. The van der Waals surface area contributed by atoms with Crippen molar-refractivity contribution in [3.05, 3.63) is 0 Å². The number of aliphatic carboxylic acids is 1. The lowest BCUT2D eigenvalue weighted by molar-refractivity contribution is -0.343. The lowest BCUT2D eigenvalue weighted by Gasteiger charge is -2.44. The molecule has 0 aromatic rings. The Hall–Kier alpha value is -0.730. The molecule has 106 valence electrons. The van der Waals surface area contributed by atoms with Gasteiger partial charge in [-0.1, -0.05) is 19.8 Å². The van der Waals surface area contributed by atoms with Crippen LogP contribution < -0.4 is 0 Å². The number of carbonyl (C=O) groups is 1. The molecule has 0 radical (unpaired) electrons. The SMILES string of the molecule is CCCCC[C@@]1(O)O[C@H](C(=O)O)[C@@H](O)[C@H](O)[C@H]1O. The number of aliphatic hydroxyl groups excluding tert-OH is 3. The van der Waals surface area contributed by atoms with E-state index in [1.165, 1.54) is 0 Å². The van der Waals surface area contributed by atoms with Crippen molar-refractivity contribution in [1.82, 2.24) is 0 Å². The summed E-state index contributed by atoms with van der Waals surface area (Å²) < 4.78 is 4.87. The van der Waals surface area contributed by atoms with Gasteiger partial charge in [-0.15, -0.1) is 0 Å². The maximum atomic E-state index is 10.8. The van der Waals surface area contributed by atoms with Crippen LogP contribution in [0.3, 0.4) is 0 Å². The number of carboxylic acids is 1. The summed E-state index contributed by atoms with van der Waals surface area (Å²) in [5, 5.41) is 47.6. The quantitative estimate of drug-likeness (QED) is 0.395. The van der Waals surface area contributed by atoms with E-state index in [9.17, 15) is 25.2 Å². The molecule has 0 unspecified atom stereocenters. The Balaban J connectivity index is 2.80. The minimum atomic E-state index is -2.14. The first-order chi connectivity index (χ1) is 8.33. The lowest BCUT2D eigenvalue weighted by atomic mass is 9.89. The normalized spacial score (nSPS) is 40.7. The van der Waals surface area contributed by atoms with Crippen molar-refractivity contribution >= 4 is 5.97 Å². The van der Waals surface area contributed by atoms with Gasteiger partial charge in [0.05, 0.1) is 0 Å². The van der Waals surface area contributed by atoms with Crippen LogP contribution in [-0.2, 0) is 9.53 Å². The van der Waals surface area contributed by atoms with Gasteiger partial charge in [0.1, 0.15) is 18.3 Å². The van der Waals surface area contributed by atoms with E-state index in [1.54, 1.807) is 0 Å². The van der Waals surface area contributed by atoms with Crippen molar-refractivity contribution in [1.29, 1.82) is 0 Å². The third kappa shape index (κ3) is 2.99. The fourth-order valence-electron chi connectivity index (χ4n) is 2.02. The summed E-state index contributed by atoms with van der Waals surface area (Å²) in [5.41, 5.74) is 0. The molecule has 7 heteroatoms. The molecule has 0 aromatic heterocycles. The van der Waals surface area contributed by atoms with Gasteiger partial charge in [-0.3, -0.25) is 0 Å². The van der Waals surface area contributed by atoms with Crippen LogP contribution in [0.25, 0.3) is 0 Å². The highest BCUT2D eigenvalue weighted by atomic mass is 16.7. The topological polar surface area (TPSA) is 127 Å². The molecule has 0 bridgehead atoms. The molecular formula is C11H20O7. The predicted molar refractivity (Wildman–Crippen MR) is 59.6 cm³/mol. The molecule has 7 nitrogen and oxygen atoms in total. The first-order valence-corrected chi connectivity index (χ1v) is 6.00. The van der Waals surface area contributed by atoms with Gasteiger partial charge in [0.25, 0.3) is 0 Å². The molecule has 1 rings (SSSR count). The lowest BCUT2D eigenvalue weighted by Crippen LogP contribution is -2.66. The number of unbranched alkanes of at least 4 members (excludes halogenated alkanes) is 2. The van der Waals surface area contributed by atoms with Gasteiger partial charge in [0.2, 0.25) is 0 Å². The number of hydrogen-bond acceptors (Lipinski definition) is 6. The summed E-state index contributed by atoms with van der Waals surface area (Å²) >= 11 is 0. The molecule has 1 aliphatic rings. The molecule has 0 aromatic carbocycles. The molecule has 1 fully saturated rings. The first kappa shape index (κ1) is 15.3. The Morgan fingerprint density at radius 3 is 2.33 bits per heavy atom. The van der Waals surface area contributed by atoms with E-state index >= 15 is 0 Å². The summed E-state index contributed by atoms with van der Waals surface area (Å²) in [7, 11) is 0. The number of rotatable bonds is 5. The number of ether oxygens (including phenoxy) is 1. The Morgan fingerprint density at radius 2 is 1.83 bits per heavy atom. The molecule has 1 saturated heterocycles. The molecule has 0 spiro atoms. The molecule has 0 amide bonds. The molecule has 1 heterocycles. The molecule has 18 heavy (non-hydrogen) atoms. The number of hydrogen-bond donors (Lipinski definition) is 5. The summed E-state index contributed by atoms with van der Waals surface area (Å²) in [6.45, 7) is 1.95. The second kappa shape index (κ2) is 5.94. The van der Waals surface area contributed by atoms with Gasteiger partial charge in [0.15, 0.2) is 11.9 Å². The Kier molecular flexibility index (Phi) is 5.06. The van der Waals surface area contributed by atoms with E-state index in [0.29, 0.717) is 6.42 Å². The largest absolute Gasteiger partial charge is 0.479 e. The smallest absolute Gasteiger partial charge is 0.335 e. The summed E-state index contributed by atoms with van der Waals surface area (Å²) in [4.78, 5) is 10.8. The summed E-state index contributed by atoms with van der Waals surface area (Å²) in [6.07, 6.45) is -4.87. The van der Waals surface area contributed by atoms with Crippen molar-refractivity contribution in [2.45, 2.75) is 62.8 Å². The third-order valence-corrected chi connectivity index (χ3v) is 3.16. The fourth-order valence-corrected chi connectivity index (χ4v) is 2.02. The van der Waals surface area contributed by atoms with Crippen molar-refractivity contribution in [3.63, 3.8) is 0 Å². The Bertz CT molecular complexity index is 295. The van der Waals surface area contributed by atoms with E-state index in [2.05, 4.69) is 0 Å². The standard InChI is InChI=1S/C11H20O7/c1-2-3-4-5-11(17)9(14)7(13)6(12)8(18-11)10(15)16/h6-9,12-14,17H,2-5H2,1H3,(H,15,16)/t6-,7-,8-,9+,11+/m0/s1. The van der Waals surface area contributed by atoms with Gasteiger partial charge >= 0.3 is 5.97 Å². The van der Waals surface area contributed by atoms with E-state index < -0.39 is 36.2 Å². The van der Waals surface area contributed by atoms with Crippen LogP contribution in [0, 0.1) is 0 Å². The van der Waals surface area contributed by atoms with Crippen LogP contribution in [0.15, 0.2) is 0 Å². The van der Waals surface area contributed by atoms with E-state index in [-0.39, 0.29) is 6.42 Å². The molecule has 1 aliphatic heterocycles. The van der Waals surface area contributed by atoms with Crippen LogP contribution in [-0.4, -0.2) is 61.7 Å². The maximum Gasteiger partial charge on any atom is 0.335 e. The molecule has 5 atom stereocenters. The average Bonchev–Trinajstić information content (AvgIpc) is 2.32. The predicted octanol–water partition coefficient (Wildman–Crippen LogP) is -1.18. The van der Waals surface area contributed by atoms with Gasteiger partial charge in [-0.05, 0) is 6.42 Å². The zero-order valence-electron chi connectivity index (χ0n) is 10.2. The highest BCUT2D eigenvalue weighted by molar-refractivity contribution is 5.73. The zero-order valence-corrected chi connectivity index (χ0v) is 10.2. The van der Waals surface area contributed by atoms with Crippen LogP contribution in [0.1, 0.15) is 32.6 Å². The maximum absolute atomic E-state index is 10.8. The van der Waals surface area contributed by atoms with E-state index in [1.807, 2.05) is 6.92 Å². The van der Waals surface area contributed by atoms with Gasteiger partial charge in [0, 0.05) is 6.42 Å². The monoisotopic (exact) mass is 264 g/mol. The molecular weight excluding hydrogens is 244 g/mol.